The number of aryl methyl sites for hydroxylation is 2. The van der Waals surface area contributed by atoms with Crippen molar-refractivity contribution in [2.24, 2.45) is 0 Å². The molecule has 2 amide bonds. The highest BCUT2D eigenvalue weighted by atomic mass is 32.2. The molecule has 0 aromatic heterocycles. The molecule has 0 saturated heterocycles. The van der Waals surface area contributed by atoms with Crippen molar-refractivity contribution in [1.82, 2.24) is 5.32 Å². The van der Waals surface area contributed by atoms with Gasteiger partial charge in [0.1, 0.15) is 5.75 Å². The molecule has 160 valence electrons. The van der Waals surface area contributed by atoms with E-state index < -0.39 is 5.92 Å². The van der Waals surface area contributed by atoms with Crippen LogP contribution in [0.15, 0.2) is 53.1 Å². The summed E-state index contributed by atoms with van der Waals surface area (Å²) >= 11 is 1.16. The van der Waals surface area contributed by atoms with Gasteiger partial charge in [0.15, 0.2) is 0 Å². The number of amides is 2. The molecule has 6 nitrogen and oxygen atoms in total. The largest absolute Gasteiger partial charge is 0.494 e. The highest BCUT2D eigenvalue weighted by molar-refractivity contribution is 8.03. The fourth-order valence-electron chi connectivity index (χ4n) is 3.53. The van der Waals surface area contributed by atoms with Crippen LogP contribution in [0.4, 0.5) is 5.69 Å². The van der Waals surface area contributed by atoms with Gasteiger partial charge in [-0.2, -0.15) is 5.26 Å². The van der Waals surface area contributed by atoms with E-state index in [1.54, 1.807) is 0 Å². The molecule has 0 bridgehead atoms. The Morgan fingerprint density at radius 1 is 1.29 bits per heavy atom. The van der Waals surface area contributed by atoms with E-state index in [0.717, 1.165) is 34.1 Å². The number of para-hydroxylation sites is 1. The molecule has 2 aromatic carbocycles. The van der Waals surface area contributed by atoms with Crippen LogP contribution in [-0.4, -0.2) is 24.2 Å². The number of rotatable bonds is 7. The number of anilines is 1. The molecule has 0 spiro atoms. The van der Waals surface area contributed by atoms with Crippen LogP contribution in [-0.2, 0) is 9.59 Å². The number of nitrogens with zero attached hydrogens (tertiary/aromatic N) is 1. The van der Waals surface area contributed by atoms with E-state index in [9.17, 15) is 14.9 Å². The maximum Gasteiger partial charge on any atom is 0.234 e. The number of hydrogen-bond acceptors (Lipinski definition) is 5. The molecule has 3 rings (SSSR count). The van der Waals surface area contributed by atoms with E-state index in [1.165, 1.54) is 0 Å². The van der Waals surface area contributed by atoms with Gasteiger partial charge in [0, 0.05) is 23.6 Å². The Morgan fingerprint density at radius 3 is 2.77 bits per heavy atom. The lowest BCUT2D eigenvalue weighted by atomic mass is 9.86. The summed E-state index contributed by atoms with van der Waals surface area (Å²) in [5.74, 6) is -0.0604. The third-order valence-corrected chi connectivity index (χ3v) is 5.97. The first kappa shape index (κ1) is 22.4. The molecule has 0 fully saturated rings. The van der Waals surface area contributed by atoms with Crippen molar-refractivity contribution in [3.8, 4) is 11.8 Å². The summed E-state index contributed by atoms with van der Waals surface area (Å²) in [4.78, 5) is 24.9. The number of ether oxygens (including phenoxy) is 1. The maximum absolute atomic E-state index is 12.5. The Morgan fingerprint density at radius 2 is 2.06 bits per heavy atom. The number of carbonyl (C=O) groups is 2. The minimum Gasteiger partial charge on any atom is -0.494 e. The SMILES string of the molecule is CCOc1ccccc1[C@H]1CC(=O)NC(SCC(=O)Nc2ccc(C)cc2C)=C1C#N. The number of benzene rings is 2. The number of hydrogen-bond donors (Lipinski definition) is 2. The Kier molecular flexibility index (Phi) is 7.37. The predicted molar refractivity (Wildman–Crippen MR) is 123 cm³/mol. The fraction of sp³-hybridized carbons (Fsp3) is 0.292. The van der Waals surface area contributed by atoms with Gasteiger partial charge in [0.05, 0.1) is 29.0 Å². The third kappa shape index (κ3) is 5.47. The van der Waals surface area contributed by atoms with Crippen molar-refractivity contribution in [3.63, 3.8) is 0 Å². The van der Waals surface area contributed by atoms with Crippen LogP contribution in [0.1, 0.15) is 36.0 Å². The molecule has 1 atom stereocenters. The lowest BCUT2D eigenvalue weighted by Crippen LogP contribution is -2.31. The van der Waals surface area contributed by atoms with Gasteiger partial charge >= 0.3 is 0 Å². The van der Waals surface area contributed by atoms with E-state index in [0.29, 0.717) is 23.0 Å². The average molecular weight is 436 g/mol. The first-order valence-electron chi connectivity index (χ1n) is 10.1. The molecule has 2 aromatic rings. The monoisotopic (exact) mass is 435 g/mol. The summed E-state index contributed by atoms with van der Waals surface area (Å²) in [5.41, 5.74) is 4.09. The molecule has 1 aliphatic heterocycles. The van der Waals surface area contributed by atoms with Gasteiger partial charge in [0.25, 0.3) is 0 Å². The summed E-state index contributed by atoms with van der Waals surface area (Å²) in [6.45, 7) is 6.31. The van der Waals surface area contributed by atoms with Crippen LogP contribution in [0.3, 0.4) is 0 Å². The summed E-state index contributed by atoms with van der Waals surface area (Å²) in [6, 6.07) is 15.5. The molecule has 2 N–H and O–H groups in total. The molecule has 31 heavy (non-hydrogen) atoms. The summed E-state index contributed by atoms with van der Waals surface area (Å²) in [6.07, 6.45) is 0.159. The topological polar surface area (TPSA) is 91.2 Å². The van der Waals surface area contributed by atoms with Crippen LogP contribution < -0.4 is 15.4 Å². The molecule has 7 heteroatoms. The minimum absolute atomic E-state index is 0.0773. The first-order valence-corrected chi connectivity index (χ1v) is 11.1. The molecule has 1 heterocycles. The lowest BCUT2D eigenvalue weighted by molar-refractivity contribution is -0.121. The predicted octanol–water partition coefficient (Wildman–Crippen LogP) is 4.41. The number of allylic oxidation sites excluding steroid dienone is 1. The number of nitrogens with one attached hydrogen (secondary N) is 2. The standard InChI is InChI=1S/C24H25N3O3S/c1-4-30-21-8-6-5-7-17(21)18-12-22(28)27-24(19(18)13-25)31-14-23(29)26-20-10-9-15(2)11-16(20)3/h5-11,18H,4,12,14H2,1-3H3,(H,26,29)(H,27,28)/t18-/m1/s1. The third-order valence-electron chi connectivity index (χ3n) is 4.95. The van der Waals surface area contributed by atoms with Crippen molar-refractivity contribution >= 4 is 29.3 Å². The zero-order chi connectivity index (χ0) is 22.4. The molecular formula is C24H25N3O3S. The zero-order valence-electron chi connectivity index (χ0n) is 17.8. The maximum atomic E-state index is 12.5. The van der Waals surface area contributed by atoms with Crippen LogP contribution in [0.5, 0.6) is 5.75 Å². The van der Waals surface area contributed by atoms with Crippen molar-refractivity contribution in [1.29, 1.82) is 5.26 Å². The second-order valence-electron chi connectivity index (χ2n) is 7.29. The molecule has 0 unspecified atom stereocenters. The Hall–Kier alpha value is -3.24. The van der Waals surface area contributed by atoms with E-state index >= 15 is 0 Å². The first-order chi connectivity index (χ1) is 14.9. The minimum atomic E-state index is -0.411. The summed E-state index contributed by atoms with van der Waals surface area (Å²) in [5, 5.41) is 15.9. The van der Waals surface area contributed by atoms with E-state index in [1.807, 2.05) is 63.2 Å². The highest BCUT2D eigenvalue weighted by Crippen LogP contribution is 2.39. The van der Waals surface area contributed by atoms with Crippen molar-refractivity contribution in [3.05, 3.63) is 69.8 Å². The van der Waals surface area contributed by atoms with Crippen LogP contribution in [0.25, 0.3) is 0 Å². The number of nitriles is 1. The van der Waals surface area contributed by atoms with Crippen molar-refractivity contribution in [2.45, 2.75) is 33.1 Å². The number of thioether (sulfide) groups is 1. The summed E-state index contributed by atoms with van der Waals surface area (Å²) in [7, 11) is 0. The summed E-state index contributed by atoms with van der Waals surface area (Å²) < 4.78 is 5.70. The van der Waals surface area contributed by atoms with Gasteiger partial charge in [-0.25, -0.2) is 0 Å². The quantitative estimate of drug-likeness (QED) is 0.672. The Bertz CT molecular complexity index is 1070. The van der Waals surface area contributed by atoms with Crippen LogP contribution in [0.2, 0.25) is 0 Å². The fourth-order valence-corrected chi connectivity index (χ4v) is 4.41. The average Bonchev–Trinajstić information content (AvgIpc) is 2.74. The van der Waals surface area contributed by atoms with Crippen LogP contribution >= 0.6 is 11.8 Å². The second kappa shape index (κ2) is 10.2. The van der Waals surface area contributed by atoms with E-state index in [2.05, 4.69) is 16.7 Å². The van der Waals surface area contributed by atoms with Gasteiger partial charge in [-0.05, 0) is 38.5 Å². The van der Waals surface area contributed by atoms with Crippen molar-refractivity contribution in [2.75, 3.05) is 17.7 Å². The second-order valence-corrected chi connectivity index (χ2v) is 8.27. The molecular weight excluding hydrogens is 410 g/mol. The smallest absolute Gasteiger partial charge is 0.234 e. The normalized spacial score (nSPS) is 15.8. The van der Waals surface area contributed by atoms with Gasteiger partial charge in [0.2, 0.25) is 11.8 Å². The number of carbonyl (C=O) groups excluding carboxylic acids is 2. The highest BCUT2D eigenvalue weighted by Gasteiger charge is 2.31. The molecule has 0 aliphatic carbocycles. The molecule has 1 aliphatic rings. The Balaban J connectivity index is 1.79. The van der Waals surface area contributed by atoms with Gasteiger partial charge in [-0.3, -0.25) is 9.59 Å². The van der Waals surface area contributed by atoms with Crippen LogP contribution in [0, 0.1) is 25.2 Å². The zero-order valence-corrected chi connectivity index (χ0v) is 18.6. The molecule has 0 radical (unpaired) electrons. The lowest BCUT2D eigenvalue weighted by Gasteiger charge is -2.26. The van der Waals surface area contributed by atoms with Gasteiger partial charge in [-0.1, -0.05) is 47.7 Å². The van der Waals surface area contributed by atoms with Crippen molar-refractivity contribution < 1.29 is 14.3 Å². The van der Waals surface area contributed by atoms with Gasteiger partial charge in [-0.15, -0.1) is 0 Å². The Labute approximate surface area is 186 Å². The van der Waals surface area contributed by atoms with Gasteiger partial charge < -0.3 is 15.4 Å². The van der Waals surface area contributed by atoms with E-state index in [4.69, 9.17) is 4.74 Å². The van der Waals surface area contributed by atoms with E-state index in [-0.39, 0.29) is 24.0 Å². The molecule has 0 saturated carbocycles.